The zero-order chi connectivity index (χ0) is 36.7. The fourth-order valence-electron chi connectivity index (χ4n) is 6.98. The third-order valence-corrected chi connectivity index (χ3v) is 10.5. The maximum atomic E-state index is 12.9. The van der Waals surface area contributed by atoms with Crippen LogP contribution in [0.5, 0.6) is 0 Å². The average molecular weight is 716 g/mol. The highest BCUT2D eigenvalue weighted by Crippen LogP contribution is 2.23. The molecule has 298 valence electrons. The number of hydrogen-bond acceptors (Lipinski definition) is 8. The third kappa shape index (κ3) is 23.7. The summed E-state index contributed by atoms with van der Waals surface area (Å²) in [6, 6.07) is -0.709. The van der Waals surface area contributed by atoms with Crippen LogP contribution >= 0.6 is 0 Å². The molecule has 1 aliphatic heterocycles. The second-order valence-electron chi connectivity index (χ2n) is 15.1. The van der Waals surface area contributed by atoms with Crippen molar-refractivity contribution in [1.29, 1.82) is 0 Å². The summed E-state index contributed by atoms with van der Waals surface area (Å²) in [7, 11) is 0. The Morgan fingerprint density at radius 2 is 1.00 bits per heavy atom. The smallest absolute Gasteiger partial charge is 0.220 e. The van der Waals surface area contributed by atoms with Crippen molar-refractivity contribution < 1.29 is 39.8 Å². The lowest BCUT2D eigenvalue weighted by Crippen LogP contribution is -2.60. The number of aliphatic hydroxyl groups is 5. The van der Waals surface area contributed by atoms with Gasteiger partial charge in [0.1, 0.15) is 24.4 Å². The first-order chi connectivity index (χ1) is 24.3. The number of ether oxygens (including phenoxy) is 2. The SMILES string of the molecule is CCCCCCCCCCCCCCCCCCCC(=O)N[C@@H](CO[C@H]1O[C@@H](CO)[C@H](O)C(O)C1O)[C@H](O)CCCCCCCCCCCC. The number of hydrogen-bond donors (Lipinski definition) is 6. The predicted molar refractivity (Wildman–Crippen MR) is 203 cm³/mol. The van der Waals surface area contributed by atoms with E-state index in [9.17, 15) is 30.3 Å². The second-order valence-corrected chi connectivity index (χ2v) is 15.1. The van der Waals surface area contributed by atoms with E-state index in [1.165, 1.54) is 135 Å². The Balaban J connectivity index is 2.32. The quantitative estimate of drug-likeness (QED) is 0.0362. The van der Waals surface area contributed by atoms with Crippen molar-refractivity contribution in [2.75, 3.05) is 13.2 Å². The van der Waals surface area contributed by atoms with Crippen molar-refractivity contribution in [2.45, 2.75) is 243 Å². The molecule has 0 aromatic rings. The first-order valence-electron chi connectivity index (χ1n) is 21.2. The van der Waals surface area contributed by atoms with Crippen molar-refractivity contribution in [3.05, 3.63) is 0 Å². The van der Waals surface area contributed by atoms with E-state index in [0.29, 0.717) is 12.8 Å². The molecule has 1 amide bonds. The minimum Gasteiger partial charge on any atom is -0.394 e. The summed E-state index contributed by atoms with van der Waals surface area (Å²) >= 11 is 0. The molecule has 50 heavy (non-hydrogen) atoms. The third-order valence-electron chi connectivity index (χ3n) is 10.5. The van der Waals surface area contributed by atoms with Gasteiger partial charge in [-0.25, -0.2) is 0 Å². The molecule has 1 aliphatic rings. The number of amides is 1. The Labute approximate surface area is 306 Å². The molecule has 0 aliphatic carbocycles. The Bertz CT molecular complexity index is 756. The molecule has 0 aromatic heterocycles. The summed E-state index contributed by atoms with van der Waals surface area (Å²) in [5, 5.41) is 54.1. The van der Waals surface area contributed by atoms with Crippen LogP contribution in [0.25, 0.3) is 0 Å². The van der Waals surface area contributed by atoms with Gasteiger partial charge in [0.25, 0.3) is 0 Å². The number of carbonyl (C=O) groups is 1. The highest BCUT2D eigenvalue weighted by Gasteiger charge is 2.44. The summed E-state index contributed by atoms with van der Waals surface area (Å²) in [5.41, 5.74) is 0. The van der Waals surface area contributed by atoms with Crippen molar-refractivity contribution in [3.63, 3.8) is 0 Å². The van der Waals surface area contributed by atoms with Crippen LogP contribution in [0, 0.1) is 0 Å². The van der Waals surface area contributed by atoms with Crippen molar-refractivity contribution in [1.82, 2.24) is 5.32 Å². The van der Waals surface area contributed by atoms with Gasteiger partial charge in [-0.15, -0.1) is 0 Å². The molecular weight excluding hydrogens is 634 g/mol. The number of unbranched alkanes of at least 4 members (excludes halogenated alkanes) is 25. The van der Waals surface area contributed by atoms with Crippen LogP contribution in [0.2, 0.25) is 0 Å². The molecule has 1 heterocycles. The van der Waals surface area contributed by atoms with Gasteiger partial charge < -0.3 is 40.3 Å². The molecule has 7 atom stereocenters. The predicted octanol–water partition coefficient (Wildman–Crippen LogP) is 8.00. The van der Waals surface area contributed by atoms with E-state index in [-0.39, 0.29) is 12.5 Å². The number of rotatable bonds is 35. The Kier molecular flexibility index (Phi) is 31.0. The van der Waals surface area contributed by atoms with Crippen molar-refractivity contribution in [3.8, 4) is 0 Å². The molecule has 0 aromatic carbocycles. The van der Waals surface area contributed by atoms with Crippen LogP contribution in [-0.4, -0.2) is 87.5 Å². The first-order valence-corrected chi connectivity index (χ1v) is 21.2. The van der Waals surface area contributed by atoms with Crippen LogP contribution < -0.4 is 5.32 Å². The van der Waals surface area contributed by atoms with E-state index in [4.69, 9.17) is 9.47 Å². The lowest BCUT2D eigenvalue weighted by Gasteiger charge is -2.40. The first kappa shape index (κ1) is 47.2. The van der Waals surface area contributed by atoms with Gasteiger partial charge in [-0.05, 0) is 12.8 Å². The van der Waals surface area contributed by atoms with Crippen molar-refractivity contribution >= 4 is 5.91 Å². The molecule has 1 rings (SSSR count). The van der Waals surface area contributed by atoms with Gasteiger partial charge in [0.2, 0.25) is 5.91 Å². The summed E-state index contributed by atoms with van der Waals surface area (Å²) in [6.45, 7) is 3.82. The fraction of sp³-hybridized carbons (Fsp3) is 0.976. The van der Waals surface area contributed by atoms with Gasteiger partial charge in [-0.2, -0.15) is 0 Å². The van der Waals surface area contributed by atoms with Crippen LogP contribution in [0.3, 0.4) is 0 Å². The van der Waals surface area contributed by atoms with Gasteiger partial charge in [-0.3, -0.25) is 4.79 Å². The van der Waals surface area contributed by atoms with E-state index in [1.54, 1.807) is 0 Å². The lowest BCUT2D eigenvalue weighted by molar-refractivity contribution is -0.302. The van der Waals surface area contributed by atoms with Crippen LogP contribution in [0.15, 0.2) is 0 Å². The van der Waals surface area contributed by atoms with Gasteiger partial charge in [-0.1, -0.05) is 181 Å². The lowest BCUT2D eigenvalue weighted by atomic mass is 9.99. The maximum absolute atomic E-state index is 12.9. The minimum atomic E-state index is -1.55. The number of carbonyl (C=O) groups excluding carboxylic acids is 1. The zero-order valence-electron chi connectivity index (χ0n) is 32.4. The Morgan fingerprint density at radius 1 is 0.600 bits per heavy atom. The number of nitrogens with one attached hydrogen (secondary N) is 1. The van der Waals surface area contributed by atoms with Gasteiger partial charge in [0.15, 0.2) is 6.29 Å². The van der Waals surface area contributed by atoms with E-state index in [2.05, 4.69) is 19.2 Å². The Hall–Kier alpha value is -0.810. The normalized spacial score (nSPS) is 22.1. The monoisotopic (exact) mass is 716 g/mol. The summed E-state index contributed by atoms with van der Waals surface area (Å²) in [4.78, 5) is 12.9. The van der Waals surface area contributed by atoms with Gasteiger partial charge in [0, 0.05) is 6.42 Å². The van der Waals surface area contributed by atoms with E-state index >= 15 is 0 Å². The molecule has 2 unspecified atom stereocenters. The van der Waals surface area contributed by atoms with Crippen LogP contribution in [0.1, 0.15) is 200 Å². The van der Waals surface area contributed by atoms with Gasteiger partial charge in [0.05, 0.1) is 25.4 Å². The molecule has 1 saturated heterocycles. The highest BCUT2D eigenvalue weighted by molar-refractivity contribution is 5.76. The fourth-order valence-corrected chi connectivity index (χ4v) is 6.98. The number of aliphatic hydroxyl groups excluding tert-OH is 5. The topological polar surface area (TPSA) is 149 Å². The van der Waals surface area contributed by atoms with Crippen LogP contribution in [0.4, 0.5) is 0 Å². The molecule has 9 heteroatoms. The zero-order valence-corrected chi connectivity index (χ0v) is 32.4. The minimum absolute atomic E-state index is 0.133. The van der Waals surface area contributed by atoms with E-state index < -0.39 is 49.5 Å². The second kappa shape index (κ2) is 32.8. The van der Waals surface area contributed by atoms with Gasteiger partial charge >= 0.3 is 0 Å². The Morgan fingerprint density at radius 3 is 1.42 bits per heavy atom. The molecule has 0 saturated carbocycles. The summed E-state index contributed by atoms with van der Waals surface area (Å²) in [6.07, 6.45) is 26.8. The average Bonchev–Trinajstić information content (AvgIpc) is 3.11. The summed E-state index contributed by atoms with van der Waals surface area (Å²) < 4.78 is 11.2. The van der Waals surface area contributed by atoms with Crippen LogP contribution in [-0.2, 0) is 14.3 Å². The molecule has 9 nitrogen and oxygen atoms in total. The molecule has 6 N–H and O–H groups in total. The molecule has 0 bridgehead atoms. The van der Waals surface area contributed by atoms with E-state index in [1.807, 2.05) is 0 Å². The highest BCUT2D eigenvalue weighted by atomic mass is 16.7. The molecule has 0 spiro atoms. The molecular formula is C41H81NO8. The largest absolute Gasteiger partial charge is 0.394 e. The maximum Gasteiger partial charge on any atom is 0.220 e. The van der Waals surface area contributed by atoms with E-state index in [0.717, 1.165) is 38.5 Å². The van der Waals surface area contributed by atoms with Crippen molar-refractivity contribution in [2.24, 2.45) is 0 Å². The summed E-state index contributed by atoms with van der Waals surface area (Å²) in [5.74, 6) is -0.143. The molecule has 1 fully saturated rings. The molecule has 0 radical (unpaired) electrons. The standard InChI is InChI=1S/C41H81NO8/c1-3-5-7-9-11-13-15-16-17-18-19-20-21-23-25-27-29-31-37(45)42-34(33-49-41-40(48)39(47)38(46)36(32-43)50-41)35(44)30-28-26-24-22-14-12-10-8-6-4-2/h34-36,38-41,43-44,46-48H,3-33H2,1-2H3,(H,42,45)/t34-,35+,36-,38-,39?,40?,41-/m0/s1.